The van der Waals surface area contributed by atoms with Crippen molar-refractivity contribution in [2.75, 3.05) is 41.3 Å². The fourth-order valence-corrected chi connectivity index (χ4v) is 15.7. The van der Waals surface area contributed by atoms with E-state index >= 15 is 0 Å². The molecule has 4 aromatic carbocycles. The van der Waals surface area contributed by atoms with Gasteiger partial charge >= 0.3 is 0 Å². The Bertz CT molecular complexity index is 2660. The highest BCUT2D eigenvalue weighted by molar-refractivity contribution is 6.99. The molecular formula is C59H73ClO12Si2. The number of aldehydes is 1. The molecule has 0 aromatic heterocycles. The molecule has 0 N–H and O–H groups in total. The maximum Gasteiger partial charge on any atom is 0.261 e. The molecule has 396 valence electrons. The third kappa shape index (κ3) is 11.3. The SMILES string of the molecule is C#C[C@@H](Oc1c(OC)ccc([C@@H](CCO[Si](c2ccccc2)(c2ccccc2)C(C)(C)C)OCOC)c1Cl)[C@@]12OC(C)(C)O[C@@H]1CC=C2C#C[C@@]1(C=O)O[C@H](c2ccc(OC)cc2)O[C@@H]1CO[Si](C)(C)C(C)(C)C. The number of methoxy groups -OCH3 is 3. The third-order valence-corrected chi connectivity index (χ3v) is 24.6. The van der Waals surface area contributed by atoms with Crippen LogP contribution in [0.15, 0.2) is 109 Å². The number of rotatable bonds is 20. The standard InChI is InChI=1S/C59H73ClO12Si2/c1-15-49(68-53-48(64-12)32-31-46(52(53)60)47(65-40-62-10)35-37-66-74(56(5,6)7,44-22-18-16-19-23-44)45-24-20-17-21-25-45)59-42(28-33-50(59)70-57(8,9)72-59)34-36-58(39-61)51(38-67-73(13,14)55(2,3)4)69-54(71-58)41-26-29-43(63-11)30-27-41/h1,16-32,39,47,49-51,54H,33,35,37-38,40H2,2-14H3/t47-,49-,50-,51-,54-,58+,59-/m1/s1. The van der Waals surface area contributed by atoms with Crippen molar-refractivity contribution in [3.63, 3.8) is 0 Å². The van der Waals surface area contributed by atoms with E-state index < -0.39 is 64.3 Å². The summed E-state index contributed by atoms with van der Waals surface area (Å²) in [7, 11) is -0.546. The van der Waals surface area contributed by atoms with E-state index in [0.717, 1.165) is 10.4 Å². The van der Waals surface area contributed by atoms with Gasteiger partial charge in [-0.3, -0.25) is 4.79 Å². The summed E-state index contributed by atoms with van der Waals surface area (Å²) in [4.78, 5) is 13.6. The molecule has 0 amide bonds. The van der Waals surface area contributed by atoms with Gasteiger partial charge in [0.15, 0.2) is 49.9 Å². The van der Waals surface area contributed by atoms with Gasteiger partial charge in [-0.15, -0.1) is 6.42 Å². The average molecular weight is 1070 g/mol. The van der Waals surface area contributed by atoms with Crippen LogP contribution >= 0.6 is 11.6 Å². The molecule has 0 radical (unpaired) electrons. The molecule has 3 aliphatic rings. The Labute approximate surface area is 445 Å². The second kappa shape index (κ2) is 22.8. The van der Waals surface area contributed by atoms with Gasteiger partial charge in [0.25, 0.3) is 8.32 Å². The van der Waals surface area contributed by atoms with E-state index in [1.165, 1.54) is 7.11 Å². The number of carbonyl (C=O) groups excluding carboxylic acids is 1. The van der Waals surface area contributed by atoms with E-state index in [2.05, 4.69) is 121 Å². The van der Waals surface area contributed by atoms with Gasteiger partial charge in [0.1, 0.15) is 24.8 Å². The van der Waals surface area contributed by atoms with Gasteiger partial charge in [-0.05, 0) is 72.0 Å². The summed E-state index contributed by atoms with van der Waals surface area (Å²) in [5.41, 5.74) is -1.55. The van der Waals surface area contributed by atoms with Crippen molar-refractivity contribution in [2.24, 2.45) is 0 Å². The molecule has 74 heavy (non-hydrogen) atoms. The molecule has 0 unspecified atom stereocenters. The van der Waals surface area contributed by atoms with Gasteiger partial charge in [0.2, 0.25) is 5.60 Å². The van der Waals surface area contributed by atoms with Crippen LogP contribution in [0.25, 0.3) is 0 Å². The first-order chi connectivity index (χ1) is 35.0. The summed E-state index contributed by atoms with van der Waals surface area (Å²) in [6.07, 6.45) is 5.55. The number of hydrogen-bond acceptors (Lipinski definition) is 12. The summed E-state index contributed by atoms with van der Waals surface area (Å²) in [5, 5.41) is 2.17. The molecular weight excluding hydrogens is 992 g/mol. The molecule has 2 saturated heterocycles. The minimum atomic E-state index is -2.90. The lowest BCUT2D eigenvalue weighted by atomic mass is 9.86. The monoisotopic (exact) mass is 1060 g/mol. The quantitative estimate of drug-likeness (QED) is 0.0363. The molecule has 7 atom stereocenters. The summed E-state index contributed by atoms with van der Waals surface area (Å²) in [6.45, 7) is 21.4. The van der Waals surface area contributed by atoms with E-state index in [1.807, 2.05) is 36.4 Å². The second-order valence-electron chi connectivity index (χ2n) is 21.9. The average Bonchev–Trinajstić information content (AvgIpc) is 4.00. The van der Waals surface area contributed by atoms with Crippen LogP contribution in [0.3, 0.4) is 0 Å². The van der Waals surface area contributed by atoms with Crippen molar-refractivity contribution in [3.8, 4) is 41.4 Å². The summed E-state index contributed by atoms with van der Waals surface area (Å²) >= 11 is 7.49. The molecule has 2 fully saturated rings. The third-order valence-electron chi connectivity index (χ3n) is 14.6. The van der Waals surface area contributed by atoms with Gasteiger partial charge < -0.3 is 51.5 Å². The van der Waals surface area contributed by atoms with Crippen LogP contribution in [0.5, 0.6) is 17.2 Å². The van der Waals surface area contributed by atoms with Crippen molar-refractivity contribution in [1.29, 1.82) is 0 Å². The number of ether oxygens (including phenoxy) is 9. The summed E-state index contributed by atoms with van der Waals surface area (Å²) in [5.74, 6) is 9.39. The zero-order valence-electron chi connectivity index (χ0n) is 45.2. The Balaban J connectivity index is 1.24. The van der Waals surface area contributed by atoms with Gasteiger partial charge in [-0.25, -0.2) is 0 Å². The van der Waals surface area contributed by atoms with Crippen LogP contribution in [0.2, 0.25) is 28.2 Å². The Morgan fingerprint density at radius 3 is 2.05 bits per heavy atom. The van der Waals surface area contributed by atoms with E-state index in [9.17, 15) is 4.79 Å². The fourth-order valence-electron chi connectivity index (χ4n) is 9.78. The highest BCUT2D eigenvalue weighted by Crippen LogP contribution is 2.52. The Hall–Kier alpha value is -4.79. The lowest BCUT2D eigenvalue weighted by Crippen LogP contribution is -2.66. The fraction of sp³-hybridized carbons (Fsp3) is 0.475. The first-order valence-corrected chi connectivity index (χ1v) is 30.3. The van der Waals surface area contributed by atoms with Crippen LogP contribution in [0.4, 0.5) is 0 Å². The van der Waals surface area contributed by atoms with Crippen molar-refractivity contribution in [3.05, 3.63) is 125 Å². The van der Waals surface area contributed by atoms with E-state index in [-0.39, 0.29) is 34.2 Å². The normalized spacial score (nSPS) is 23.4. The van der Waals surface area contributed by atoms with Crippen molar-refractivity contribution < 1.29 is 56.3 Å². The minimum Gasteiger partial charge on any atom is -0.497 e. The van der Waals surface area contributed by atoms with Gasteiger partial charge in [-0.1, -0.05) is 156 Å². The van der Waals surface area contributed by atoms with Gasteiger partial charge in [0, 0.05) is 36.8 Å². The van der Waals surface area contributed by atoms with E-state index in [4.69, 9.17) is 69.5 Å². The maximum atomic E-state index is 13.6. The highest BCUT2D eigenvalue weighted by Gasteiger charge is 2.63. The molecule has 15 heteroatoms. The summed E-state index contributed by atoms with van der Waals surface area (Å²) in [6, 6.07) is 31.8. The first kappa shape index (κ1) is 56.9. The van der Waals surface area contributed by atoms with Crippen LogP contribution in [0.1, 0.15) is 91.8 Å². The topological polar surface area (TPSA) is 119 Å². The Morgan fingerprint density at radius 2 is 1.50 bits per heavy atom. The predicted octanol–water partition coefficient (Wildman–Crippen LogP) is 10.7. The van der Waals surface area contributed by atoms with Gasteiger partial charge in [-0.2, -0.15) is 0 Å². The number of carbonyl (C=O) groups is 1. The largest absolute Gasteiger partial charge is 0.497 e. The van der Waals surface area contributed by atoms with Crippen LogP contribution in [0, 0.1) is 24.2 Å². The smallest absolute Gasteiger partial charge is 0.261 e. The van der Waals surface area contributed by atoms with Gasteiger partial charge in [0.05, 0.1) is 32.0 Å². The molecule has 4 aromatic rings. The summed E-state index contributed by atoms with van der Waals surface area (Å²) < 4.78 is 70.6. The Kier molecular flexibility index (Phi) is 17.6. The zero-order chi connectivity index (χ0) is 53.7. The first-order valence-electron chi connectivity index (χ1n) is 25.1. The highest BCUT2D eigenvalue weighted by atomic mass is 35.5. The number of fused-ring (bicyclic) bond motifs is 1. The zero-order valence-corrected chi connectivity index (χ0v) is 47.9. The molecule has 0 spiro atoms. The van der Waals surface area contributed by atoms with Crippen LogP contribution in [-0.2, 0) is 42.1 Å². The molecule has 1 aliphatic carbocycles. The van der Waals surface area contributed by atoms with E-state index in [0.29, 0.717) is 53.9 Å². The van der Waals surface area contributed by atoms with Crippen molar-refractivity contribution in [2.45, 2.75) is 139 Å². The lowest BCUT2D eigenvalue weighted by molar-refractivity contribution is -0.166. The molecule has 2 heterocycles. The van der Waals surface area contributed by atoms with E-state index in [1.54, 1.807) is 46.3 Å². The van der Waals surface area contributed by atoms with Crippen LogP contribution < -0.4 is 24.6 Å². The molecule has 0 saturated carbocycles. The minimum absolute atomic E-state index is 0.0194. The second-order valence-corrected chi connectivity index (χ2v) is 31.4. The number of hydrogen-bond donors (Lipinski definition) is 0. The number of benzene rings is 4. The molecule has 2 aliphatic heterocycles. The van der Waals surface area contributed by atoms with Crippen LogP contribution in [-0.4, -0.2) is 99.6 Å². The number of halogens is 1. The molecule has 7 rings (SSSR count). The predicted molar refractivity (Wildman–Crippen MR) is 292 cm³/mol. The number of terminal acetylenes is 1. The maximum absolute atomic E-state index is 13.6. The lowest BCUT2D eigenvalue weighted by Gasteiger charge is -2.43. The van der Waals surface area contributed by atoms with Crippen molar-refractivity contribution in [1.82, 2.24) is 0 Å². The molecule has 12 nitrogen and oxygen atoms in total. The molecule has 0 bridgehead atoms. The van der Waals surface area contributed by atoms with Crippen molar-refractivity contribution >= 4 is 44.9 Å². The Morgan fingerprint density at radius 1 is 0.851 bits per heavy atom.